The van der Waals surface area contributed by atoms with Crippen molar-refractivity contribution in [3.63, 3.8) is 0 Å². The van der Waals surface area contributed by atoms with E-state index in [9.17, 15) is 4.39 Å². The van der Waals surface area contributed by atoms with E-state index < -0.39 is 0 Å². The largest absolute Gasteiger partial charge is 0.256 e. The standard InChI is InChI=1S/C52H37FN2/c1-3-14-36(4-2)51-29-25-39(34-54-51)46-18-9-12-21-49(46)42-31-41(48-20-11-8-17-45(48)37-23-27-44(53)28-24-37)32-43(33-42)50-22-13-10-19-47(50)40-26-30-52(55-35-40)38-15-6-5-7-16-38/h3-35H,1-2H2/b36-14+. The van der Waals surface area contributed by atoms with Crippen molar-refractivity contribution in [1.82, 2.24) is 9.97 Å². The SMILES string of the molecule is C=C/C=C(\C=C)c1ccc(-c2ccccc2-c2cc(-c3ccccc3-c3ccc(F)cc3)cc(-c3ccccc3-c3ccc(-c4ccccc4)nc3)c2)cn1. The highest BCUT2D eigenvalue weighted by Crippen LogP contribution is 2.42. The summed E-state index contributed by atoms with van der Waals surface area (Å²) in [5.74, 6) is -0.259. The summed E-state index contributed by atoms with van der Waals surface area (Å²) in [5, 5.41) is 0. The van der Waals surface area contributed by atoms with Crippen LogP contribution in [-0.4, -0.2) is 9.97 Å². The van der Waals surface area contributed by atoms with Crippen LogP contribution in [0.25, 0.3) is 83.6 Å². The zero-order valence-corrected chi connectivity index (χ0v) is 30.2. The van der Waals surface area contributed by atoms with Gasteiger partial charge in [0.1, 0.15) is 5.82 Å². The summed E-state index contributed by atoms with van der Waals surface area (Å²) in [6.45, 7) is 7.79. The number of hydrogen-bond acceptors (Lipinski definition) is 2. The number of pyridine rings is 2. The minimum absolute atomic E-state index is 0.259. The van der Waals surface area contributed by atoms with Gasteiger partial charge in [-0.05, 0) is 104 Å². The molecular weight excluding hydrogens is 672 g/mol. The third-order valence-electron chi connectivity index (χ3n) is 9.83. The van der Waals surface area contributed by atoms with Gasteiger partial charge in [-0.2, -0.15) is 0 Å². The topological polar surface area (TPSA) is 25.8 Å². The lowest BCUT2D eigenvalue weighted by Gasteiger charge is -2.18. The maximum absolute atomic E-state index is 14.1. The summed E-state index contributed by atoms with van der Waals surface area (Å²) in [6, 6.07) is 57.4. The van der Waals surface area contributed by atoms with Crippen molar-refractivity contribution in [3.8, 4) is 78.0 Å². The first-order chi connectivity index (χ1) is 27.1. The van der Waals surface area contributed by atoms with Gasteiger partial charge in [0.15, 0.2) is 0 Å². The summed E-state index contributed by atoms with van der Waals surface area (Å²) >= 11 is 0. The van der Waals surface area contributed by atoms with Gasteiger partial charge in [0.25, 0.3) is 0 Å². The van der Waals surface area contributed by atoms with E-state index in [0.29, 0.717) is 0 Å². The summed E-state index contributed by atoms with van der Waals surface area (Å²) < 4.78 is 14.1. The fraction of sp³-hybridized carbons (Fsp3) is 0. The molecular formula is C52H37FN2. The second-order valence-electron chi connectivity index (χ2n) is 13.2. The van der Waals surface area contributed by atoms with E-state index >= 15 is 0 Å². The van der Waals surface area contributed by atoms with Gasteiger partial charge in [0, 0.05) is 29.1 Å². The van der Waals surface area contributed by atoms with Crippen LogP contribution in [0.2, 0.25) is 0 Å². The number of halogens is 1. The molecule has 0 radical (unpaired) electrons. The summed E-state index contributed by atoms with van der Waals surface area (Å²) in [7, 11) is 0. The average Bonchev–Trinajstić information content (AvgIpc) is 3.26. The van der Waals surface area contributed by atoms with Gasteiger partial charge in [-0.3, -0.25) is 9.97 Å². The first-order valence-electron chi connectivity index (χ1n) is 18.2. The minimum Gasteiger partial charge on any atom is -0.256 e. The van der Waals surface area contributed by atoms with Crippen LogP contribution in [0.15, 0.2) is 214 Å². The first-order valence-corrected chi connectivity index (χ1v) is 18.2. The molecule has 3 heteroatoms. The molecule has 0 atom stereocenters. The van der Waals surface area contributed by atoms with E-state index in [4.69, 9.17) is 9.97 Å². The quantitative estimate of drug-likeness (QED) is 0.132. The van der Waals surface area contributed by atoms with Crippen molar-refractivity contribution in [2.45, 2.75) is 0 Å². The maximum Gasteiger partial charge on any atom is 0.123 e. The average molecular weight is 709 g/mol. The van der Waals surface area contributed by atoms with Crippen LogP contribution in [0.4, 0.5) is 4.39 Å². The molecule has 0 unspecified atom stereocenters. The molecule has 0 fully saturated rings. The van der Waals surface area contributed by atoms with E-state index in [2.05, 4.69) is 128 Å². The molecule has 2 heterocycles. The molecule has 6 aromatic carbocycles. The Kier molecular flexibility index (Phi) is 10.0. The Morgan fingerprint density at radius 2 is 0.855 bits per heavy atom. The number of nitrogens with zero attached hydrogens (tertiary/aromatic N) is 2. The second kappa shape index (κ2) is 15.8. The normalized spacial score (nSPS) is 11.3. The first kappa shape index (κ1) is 34.8. The van der Waals surface area contributed by atoms with Gasteiger partial charge in [0.2, 0.25) is 0 Å². The molecule has 8 rings (SSSR count). The molecule has 0 bridgehead atoms. The highest BCUT2D eigenvalue weighted by atomic mass is 19.1. The molecule has 0 saturated carbocycles. The summed E-state index contributed by atoms with van der Waals surface area (Å²) in [4.78, 5) is 9.69. The zero-order chi connectivity index (χ0) is 37.6. The molecule has 0 saturated heterocycles. The molecule has 0 aliphatic carbocycles. The number of hydrogen-bond donors (Lipinski definition) is 0. The second-order valence-corrected chi connectivity index (χ2v) is 13.2. The Morgan fingerprint density at radius 3 is 1.29 bits per heavy atom. The lowest BCUT2D eigenvalue weighted by atomic mass is 9.86. The van der Waals surface area contributed by atoms with Crippen molar-refractivity contribution in [1.29, 1.82) is 0 Å². The lowest BCUT2D eigenvalue weighted by molar-refractivity contribution is 0.628. The highest BCUT2D eigenvalue weighted by Gasteiger charge is 2.16. The molecule has 0 aliphatic heterocycles. The van der Waals surface area contributed by atoms with Crippen LogP contribution in [0, 0.1) is 5.82 Å². The van der Waals surface area contributed by atoms with E-state index in [-0.39, 0.29) is 5.82 Å². The number of benzene rings is 6. The van der Waals surface area contributed by atoms with E-state index in [1.165, 1.54) is 12.1 Å². The molecule has 8 aromatic rings. The van der Waals surface area contributed by atoms with Crippen molar-refractivity contribution in [2.75, 3.05) is 0 Å². The predicted octanol–water partition coefficient (Wildman–Crippen LogP) is 14.0. The molecule has 0 aliphatic rings. The molecule has 55 heavy (non-hydrogen) atoms. The van der Waals surface area contributed by atoms with Crippen LogP contribution in [0.1, 0.15) is 5.69 Å². The Labute approximate surface area is 322 Å². The Morgan fingerprint density at radius 1 is 0.418 bits per heavy atom. The third-order valence-corrected chi connectivity index (χ3v) is 9.83. The molecule has 2 aromatic heterocycles. The monoisotopic (exact) mass is 708 g/mol. The van der Waals surface area contributed by atoms with Gasteiger partial charge >= 0.3 is 0 Å². The van der Waals surface area contributed by atoms with Crippen LogP contribution in [0.3, 0.4) is 0 Å². The van der Waals surface area contributed by atoms with E-state index in [1.807, 2.05) is 60.9 Å². The predicted molar refractivity (Wildman–Crippen MR) is 228 cm³/mol. The Balaban J connectivity index is 1.30. The molecule has 0 amide bonds. The third kappa shape index (κ3) is 7.37. The van der Waals surface area contributed by atoms with Crippen molar-refractivity contribution in [3.05, 3.63) is 225 Å². The van der Waals surface area contributed by atoms with Gasteiger partial charge in [-0.1, -0.05) is 159 Å². The van der Waals surface area contributed by atoms with Crippen LogP contribution >= 0.6 is 0 Å². The summed E-state index contributed by atoms with van der Waals surface area (Å²) in [5.41, 5.74) is 16.3. The van der Waals surface area contributed by atoms with E-state index in [1.54, 1.807) is 12.2 Å². The van der Waals surface area contributed by atoms with Gasteiger partial charge in [-0.25, -0.2) is 4.39 Å². The Bertz CT molecular complexity index is 2660. The van der Waals surface area contributed by atoms with Crippen LogP contribution in [-0.2, 0) is 0 Å². The number of rotatable bonds is 10. The van der Waals surface area contributed by atoms with E-state index in [0.717, 1.165) is 89.3 Å². The summed E-state index contributed by atoms with van der Waals surface area (Å²) in [6.07, 6.45) is 9.33. The van der Waals surface area contributed by atoms with Gasteiger partial charge < -0.3 is 0 Å². The molecule has 2 nitrogen and oxygen atoms in total. The lowest BCUT2D eigenvalue weighted by Crippen LogP contribution is -1.93. The van der Waals surface area contributed by atoms with Crippen LogP contribution in [0.5, 0.6) is 0 Å². The van der Waals surface area contributed by atoms with Crippen molar-refractivity contribution in [2.24, 2.45) is 0 Å². The zero-order valence-electron chi connectivity index (χ0n) is 30.2. The number of allylic oxidation sites excluding steroid dienone is 4. The van der Waals surface area contributed by atoms with Gasteiger partial charge in [0.05, 0.1) is 11.4 Å². The smallest absolute Gasteiger partial charge is 0.123 e. The number of aromatic nitrogens is 2. The molecule has 0 spiro atoms. The molecule has 262 valence electrons. The minimum atomic E-state index is -0.259. The fourth-order valence-corrected chi connectivity index (χ4v) is 7.13. The highest BCUT2D eigenvalue weighted by molar-refractivity contribution is 5.94. The fourth-order valence-electron chi connectivity index (χ4n) is 7.13. The van der Waals surface area contributed by atoms with Gasteiger partial charge in [-0.15, -0.1) is 0 Å². The Hall–Kier alpha value is -7.23. The van der Waals surface area contributed by atoms with Crippen LogP contribution < -0.4 is 0 Å². The van der Waals surface area contributed by atoms with Crippen molar-refractivity contribution < 1.29 is 4.39 Å². The maximum atomic E-state index is 14.1. The van der Waals surface area contributed by atoms with Crippen molar-refractivity contribution >= 4 is 5.57 Å². The molecule has 0 N–H and O–H groups in total.